The third-order valence-corrected chi connectivity index (χ3v) is 4.19. The lowest BCUT2D eigenvalue weighted by molar-refractivity contribution is -0.120. The van der Waals surface area contributed by atoms with Gasteiger partial charge in [0.05, 0.1) is 6.42 Å². The first-order chi connectivity index (χ1) is 9.63. The summed E-state index contributed by atoms with van der Waals surface area (Å²) in [5.74, 6) is 1.88. The van der Waals surface area contributed by atoms with Crippen molar-refractivity contribution < 1.29 is 9.90 Å². The maximum atomic E-state index is 11.8. The van der Waals surface area contributed by atoms with Crippen LogP contribution in [0, 0.1) is 11.8 Å². The average Bonchev–Trinajstić information content (AvgIpc) is 2.38. The van der Waals surface area contributed by atoms with E-state index in [0.717, 1.165) is 30.4 Å². The Morgan fingerprint density at radius 3 is 3.00 bits per heavy atom. The third-order valence-electron chi connectivity index (χ3n) is 4.19. The number of phenols is 1. The molecule has 1 aliphatic rings. The van der Waals surface area contributed by atoms with Crippen molar-refractivity contribution in [2.75, 3.05) is 6.54 Å². The van der Waals surface area contributed by atoms with E-state index in [1.54, 1.807) is 18.2 Å². The Morgan fingerprint density at radius 1 is 1.40 bits per heavy atom. The lowest BCUT2D eigenvalue weighted by Gasteiger charge is -2.26. The van der Waals surface area contributed by atoms with Crippen LogP contribution in [0.3, 0.4) is 0 Å². The Morgan fingerprint density at radius 2 is 2.25 bits per heavy atom. The van der Waals surface area contributed by atoms with Crippen LogP contribution in [0.1, 0.15) is 44.6 Å². The van der Waals surface area contributed by atoms with Crippen LogP contribution in [0.15, 0.2) is 24.3 Å². The summed E-state index contributed by atoms with van der Waals surface area (Å²) < 4.78 is 0. The molecule has 110 valence electrons. The highest BCUT2D eigenvalue weighted by atomic mass is 16.3. The summed E-state index contributed by atoms with van der Waals surface area (Å²) in [7, 11) is 0. The summed E-state index contributed by atoms with van der Waals surface area (Å²) in [4.78, 5) is 11.8. The van der Waals surface area contributed by atoms with E-state index < -0.39 is 0 Å². The average molecular weight is 275 g/mol. The molecular weight excluding hydrogens is 250 g/mol. The van der Waals surface area contributed by atoms with E-state index >= 15 is 0 Å². The normalized spacial score (nSPS) is 22.4. The molecule has 0 aromatic heterocycles. The summed E-state index contributed by atoms with van der Waals surface area (Å²) in [6, 6.07) is 6.89. The van der Waals surface area contributed by atoms with Gasteiger partial charge in [0.15, 0.2) is 0 Å². The minimum absolute atomic E-state index is 0.0412. The first-order valence-electron chi connectivity index (χ1n) is 7.68. The third kappa shape index (κ3) is 4.87. The Hall–Kier alpha value is -1.51. The van der Waals surface area contributed by atoms with E-state index in [0.29, 0.717) is 6.42 Å². The summed E-state index contributed by atoms with van der Waals surface area (Å²) in [6.45, 7) is 3.10. The highest BCUT2D eigenvalue weighted by Crippen LogP contribution is 2.30. The SMILES string of the molecule is CC1CCCC(CCNC(=O)Cc2cccc(O)c2)C1. The molecule has 2 unspecified atom stereocenters. The van der Waals surface area contributed by atoms with Gasteiger partial charge in [-0.2, -0.15) is 0 Å². The Bertz CT molecular complexity index is 444. The van der Waals surface area contributed by atoms with E-state index in [2.05, 4.69) is 12.2 Å². The second-order valence-corrected chi connectivity index (χ2v) is 6.12. The van der Waals surface area contributed by atoms with Crippen LogP contribution in [-0.2, 0) is 11.2 Å². The van der Waals surface area contributed by atoms with E-state index in [-0.39, 0.29) is 11.7 Å². The van der Waals surface area contributed by atoms with Crippen LogP contribution < -0.4 is 5.32 Å². The number of nitrogens with one attached hydrogen (secondary N) is 1. The maximum absolute atomic E-state index is 11.8. The molecule has 1 aromatic rings. The zero-order valence-electron chi connectivity index (χ0n) is 12.3. The molecule has 1 aromatic carbocycles. The molecule has 0 aliphatic heterocycles. The second-order valence-electron chi connectivity index (χ2n) is 6.12. The fourth-order valence-corrected chi connectivity index (χ4v) is 3.15. The molecule has 3 nitrogen and oxygen atoms in total. The molecule has 2 N–H and O–H groups in total. The van der Waals surface area contributed by atoms with Crippen molar-refractivity contribution in [2.24, 2.45) is 11.8 Å². The largest absolute Gasteiger partial charge is 0.508 e. The van der Waals surface area contributed by atoms with Gasteiger partial charge in [0.25, 0.3) is 0 Å². The van der Waals surface area contributed by atoms with Crippen LogP contribution in [-0.4, -0.2) is 17.6 Å². The molecule has 1 amide bonds. The van der Waals surface area contributed by atoms with Crippen LogP contribution in [0.5, 0.6) is 5.75 Å². The van der Waals surface area contributed by atoms with Gasteiger partial charge in [0.2, 0.25) is 5.91 Å². The highest BCUT2D eigenvalue weighted by Gasteiger charge is 2.18. The van der Waals surface area contributed by atoms with Crippen LogP contribution in [0.4, 0.5) is 0 Å². The number of amides is 1. The molecule has 0 radical (unpaired) electrons. The van der Waals surface area contributed by atoms with E-state index in [1.165, 1.54) is 25.7 Å². The van der Waals surface area contributed by atoms with E-state index in [9.17, 15) is 9.90 Å². The number of hydrogen-bond acceptors (Lipinski definition) is 2. The molecular formula is C17H25NO2. The lowest BCUT2D eigenvalue weighted by Crippen LogP contribution is -2.28. The number of benzene rings is 1. The molecule has 0 spiro atoms. The number of carbonyl (C=O) groups excluding carboxylic acids is 1. The number of rotatable bonds is 5. The second kappa shape index (κ2) is 7.32. The van der Waals surface area contributed by atoms with Crippen molar-refractivity contribution in [3.8, 4) is 5.75 Å². The Kier molecular flexibility index (Phi) is 5.45. The van der Waals surface area contributed by atoms with Crippen molar-refractivity contribution in [2.45, 2.75) is 45.4 Å². The summed E-state index contributed by atoms with van der Waals surface area (Å²) in [5.41, 5.74) is 0.855. The number of aromatic hydroxyl groups is 1. The summed E-state index contributed by atoms with van der Waals surface area (Å²) in [6.07, 6.45) is 6.75. The number of hydrogen-bond donors (Lipinski definition) is 2. The molecule has 3 heteroatoms. The molecule has 2 atom stereocenters. The number of carbonyl (C=O) groups is 1. The molecule has 0 bridgehead atoms. The molecule has 2 rings (SSSR count). The first-order valence-corrected chi connectivity index (χ1v) is 7.68. The fourth-order valence-electron chi connectivity index (χ4n) is 3.15. The van der Waals surface area contributed by atoms with Crippen LogP contribution >= 0.6 is 0 Å². The standard InChI is InChI=1S/C17H25NO2/c1-13-4-2-5-14(10-13)8-9-18-17(20)12-15-6-3-7-16(19)11-15/h3,6-7,11,13-14,19H,2,4-5,8-10,12H2,1H3,(H,18,20). The van der Waals surface area contributed by atoms with Gasteiger partial charge in [0.1, 0.15) is 5.75 Å². The molecule has 0 heterocycles. The Balaban J connectivity index is 1.67. The van der Waals surface area contributed by atoms with Gasteiger partial charge < -0.3 is 10.4 Å². The van der Waals surface area contributed by atoms with Crippen molar-refractivity contribution >= 4 is 5.91 Å². The fraction of sp³-hybridized carbons (Fsp3) is 0.588. The Labute approximate surface area is 121 Å². The van der Waals surface area contributed by atoms with Gasteiger partial charge in [-0.15, -0.1) is 0 Å². The summed E-state index contributed by atoms with van der Waals surface area (Å²) in [5, 5.41) is 12.4. The highest BCUT2D eigenvalue weighted by molar-refractivity contribution is 5.78. The van der Waals surface area contributed by atoms with Crippen molar-refractivity contribution in [1.82, 2.24) is 5.32 Å². The zero-order valence-corrected chi connectivity index (χ0v) is 12.3. The minimum atomic E-state index is 0.0412. The smallest absolute Gasteiger partial charge is 0.224 e. The van der Waals surface area contributed by atoms with Gasteiger partial charge >= 0.3 is 0 Å². The summed E-state index contributed by atoms with van der Waals surface area (Å²) >= 11 is 0. The van der Waals surface area contributed by atoms with Crippen molar-refractivity contribution in [1.29, 1.82) is 0 Å². The van der Waals surface area contributed by atoms with Gasteiger partial charge in [-0.1, -0.05) is 38.3 Å². The van der Waals surface area contributed by atoms with Crippen molar-refractivity contribution in [3.05, 3.63) is 29.8 Å². The molecule has 1 aliphatic carbocycles. The molecule has 1 saturated carbocycles. The molecule has 1 fully saturated rings. The van der Waals surface area contributed by atoms with Gasteiger partial charge in [-0.3, -0.25) is 4.79 Å². The quantitative estimate of drug-likeness (QED) is 0.866. The van der Waals surface area contributed by atoms with Crippen molar-refractivity contribution in [3.63, 3.8) is 0 Å². The van der Waals surface area contributed by atoms with E-state index in [1.807, 2.05) is 6.07 Å². The van der Waals surface area contributed by atoms with Crippen LogP contribution in [0.25, 0.3) is 0 Å². The zero-order chi connectivity index (χ0) is 14.4. The van der Waals surface area contributed by atoms with Gasteiger partial charge in [-0.05, 0) is 42.4 Å². The minimum Gasteiger partial charge on any atom is -0.508 e. The van der Waals surface area contributed by atoms with Gasteiger partial charge in [-0.25, -0.2) is 0 Å². The topological polar surface area (TPSA) is 49.3 Å². The van der Waals surface area contributed by atoms with E-state index in [4.69, 9.17) is 0 Å². The number of phenolic OH excluding ortho intramolecular Hbond substituents is 1. The van der Waals surface area contributed by atoms with Gasteiger partial charge in [0, 0.05) is 6.54 Å². The predicted octanol–water partition coefficient (Wildman–Crippen LogP) is 3.27. The van der Waals surface area contributed by atoms with Crippen LogP contribution in [0.2, 0.25) is 0 Å². The predicted molar refractivity (Wildman–Crippen MR) is 80.6 cm³/mol. The maximum Gasteiger partial charge on any atom is 0.224 e. The lowest BCUT2D eigenvalue weighted by atomic mass is 9.81. The first kappa shape index (κ1) is 14.9. The molecule has 20 heavy (non-hydrogen) atoms. The monoisotopic (exact) mass is 275 g/mol. The molecule has 0 saturated heterocycles.